The Hall–Kier alpha value is -0.670. The van der Waals surface area contributed by atoms with Gasteiger partial charge in [-0.25, -0.2) is 0 Å². The molecule has 0 radical (unpaired) electrons. The standard InChI is InChI=1S/C8H10O2S/c1-2-10-7-3-5-8(11-9)6-4-7/h3-6,9H,2H2,1H3. The molecule has 0 atom stereocenters. The molecule has 0 heterocycles. The first-order valence-electron chi connectivity index (χ1n) is 3.41. The number of ether oxygens (including phenoxy) is 1. The smallest absolute Gasteiger partial charge is 0.119 e. The molecule has 2 nitrogen and oxygen atoms in total. The molecule has 0 saturated carbocycles. The lowest BCUT2D eigenvalue weighted by Gasteiger charge is -2.01. The Labute approximate surface area is 70.4 Å². The molecule has 0 aromatic heterocycles. The van der Waals surface area contributed by atoms with Crippen molar-refractivity contribution in [3.63, 3.8) is 0 Å². The molecule has 3 heteroatoms. The van der Waals surface area contributed by atoms with Gasteiger partial charge in [-0.3, -0.25) is 0 Å². The van der Waals surface area contributed by atoms with E-state index < -0.39 is 0 Å². The zero-order chi connectivity index (χ0) is 8.10. The van der Waals surface area contributed by atoms with Crippen LogP contribution in [-0.4, -0.2) is 11.2 Å². The van der Waals surface area contributed by atoms with E-state index in [1.165, 1.54) is 0 Å². The van der Waals surface area contributed by atoms with Crippen molar-refractivity contribution in [1.29, 1.82) is 0 Å². The Kier molecular flexibility index (Phi) is 3.26. The molecule has 1 aromatic carbocycles. The van der Waals surface area contributed by atoms with Crippen LogP contribution in [0, 0.1) is 0 Å². The van der Waals surface area contributed by atoms with E-state index >= 15 is 0 Å². The molecule has 1 N–H and O–H groups in total. The third kappa shape index (κ3) is 2.44. The van der Waals surface area contributed by atoms with Gasteiger partial charge in [-0.15, -0.1) is 0 Å². The zero-order valence-electron chi connectivity index (χ0n) is 6.28. The molecule has 11 heavy (non-hydrogen) atoms. The molecular weight excluding hydrogens is 160 g/mol. The van der Waals surface area contributed by atoms with Crippen molar-refractivity contribution in [2.45, 2.75) is 11.8 Å². The van der Waals surface area contributed by atoms with Gasteiger partial charge < -0.3 is 9.29 Å². The van der Waals surface area contributed by atoms with E-state index in [4.69, 9.17) is 9.29 Å². The largest absolute Gasteiger partial charge is 0.494 e. The maximum Gasteiger partial charge on any atom is 0.119 e. The summed E-state index contributed by atoms with van der Waals surface area (Å²) in [4.78, 5) is 0.827. The predicted molar refractivity (Wildman–Crippen MR) is 46.1 cm³/mol. The van der Waals surface area contributed by atoms with Crippen molar-refractivity contribution >= 4 is 12.0 Å². The first kappa shape index (κ1) is 8.43. The second kappa shape index (κ2) is 4.26. The summed E-state index contributed by atoms with van der Waals surface area (Å²) in [5.41, 5.74) is 0. The molecule has 1 rings (SSSR count). The molecule has 0 aliphatic rings. The molecule has 60 valence electrons. The van der Waals surface area contributed by atoms with Crippen LogP contribution in [0.25, 0.3) is 0 Å². The van der Waals surface area contributed by atoms with Crippen LogP contribution in [0.4, 0.5) is 0 Å². The van der Waals surface area contributed by atoms with Gasteiger partial charge in [0.2, 0.25) is 0 Å². The molecule has 0 aliphatic heterocycles. The predicted octanol–water partition coefficient (Wildman–Crippen LogP) is 2.65. The van der Waals surface area contributed by atoms with Crippen LogP contribution in [0.5, 0.6) is 5.75 Å². The summed E-state index contributed by atoms with van der Waals surface area (Å²) in [5.74, 6) is 0.838. The molecule has 0 bridgehead atoms. The molecule has 0 spiro atoms. The average Bonchev–Trinajstić information content (AvgIpc) is 2.07. The topological polar surface area (TPSA) is 29.5 Å². The normalized spacial score (nSPS) is 9.64. The van der Waals surface area contributed by atoms with Crippen LogP contribution >= 0.6 is 12.0 Å². The third-order valence-corrected chi connectivity index (χ3v) is 1.72. The van der Waals surface area contributed by atoms with E-state index in [1.807, 2.05) is 31.2 Å². The fourth-order valence-electron chi connectivity index (χ4n) is 0.763. The van der Waals surface area contributed by atoms with Crippen molar-refractivity contribution in [1.82, 2.24) is 0 Å². The highest BCUT2D eigenvalue weighted by atomic mass is 32.2. The number of hydrogen-bond acceptors (Lipinski definition) is 3. The van der Waals surface area contributed by atoms with Crippen molar-refractivity contribution < 1.29 is 9.29 Å². The van der Waals surface area contributed by atoms with Crippen LogP contribution in [0.3, 0.4) is 0 Å². The van der Waals surface area contributed by atoms with Gasteiger partial charge in [0, 0.05) is 16.9 Å². The molecule has 0 fully saturated rings. The van der Waals surface area contributed by atoms with Gasteiger partial charge in [-0.2, -0.15) is 0 Å². The Morgan fingerprint density at radius 2 is 2.00 bits per heavy atom. The minimum atomic E-state index is 0.672. The number of benzene rings is 1. The molecule has 0 saturated heterocycles. The first-order chi connectivity index (χ1) is 5.36. The molecule has 0 aliphatic carbocycles. The van der Waals surface area contributed by atoms with Gasteiger partial charge >= 0.3 is 0 Å². The highest BCUT2D eigenvalue weighted by Crippen LogP contribution is 2.18. The summed E-state index contributed by atoms with van der Waals surface area (Å²) in [5, 5.41) is 0. The minimum absolute atomic E-state index is 0.672. The maximum atomic E-state index is 8.63. The number of rotatable bonds is 3. The second-order valence-electron chi connectivity index (χ2n) is 2.00. The lowest BCUT2D eigenvalue weighted by atomic mass is 10.3. The van der Waals surface area contributed by atoms with Gasteiger partial charge in [0.15, 0.2) is 0 Å². The summed E-state index contributed by atoms with van der Waals surface area (Å²) in [6, 6.07) is 7.30. The van der Waals surface area contributed by atoms with Crippen molar-refractivity contribution in [2.24, 2.45) is 0 Å². The van der Waals surface area contributed by atoms with Crippen LogP contribution in [0.15, 0.2) is 29.2 Å². The summed E-state index contributed by atoms with van der Waals surface area (Å²) in [6.07, 6.45) is 0. The summed E-state index contributed by atoms with van der Waals surface area (Å²) in [7, 11) is 0. The van der Waals surface area contributed by atoms with E-state index in [0.717, 1.165) is 22.7 Å². The first-order valence-corrected chi connectivity index (χ1v) is 4.18. The summed E-state index contributed by atoms with van der Waals surface area (Å²) < 4.78 is 13.8. The molecule has 0 unspecified atom stereocenters. The molecule has 0 amide bonds. The van der Waals surface area contributed by atoms with E-state index in [2.05, 4.69) is 0 Å². The highest BCUT2D eigenvalue weighted by molar-refractivity contribution is 7.93. The number of hydrogen-bond donors (Lipinski definition) is 1. The lowest BCUT2D eigenvalue weighted by Crippen LogP contribution is -1.90. The van der Waals surface area contributed by atoms with Gasteiger partial charge in [0.25, 0.3) is 0 Å². The van der Waals surface area contributed by atoms with Crippen LogP contribution in [0.1, 0.15) is 6.92 Å². The molecule has 1 aromatic rings. The Morgan fingerprint density at radius 3 is 2.45 bits per heavy atom. The Bertz CT molecular complexity index is 208. The monoisotopic (exact) mass is 170 g/mol. The summed E-state index contributed by atoms with van der Waals surface area (Å²) >= 11 is 0.740. The van der Waals surface area contributed by atoms with E-state index in [0.29, 0.717) is 6.61 Å². The third-order valence-electron chi connectivity index (χ3n) is 1.24. The minimum Gasteiger partial charge on any atom is -0.494 e. The summed E-state index contributed by atoms with van der Waals surface area (Å²) in [6.45, 7) is 2.61. The Morgan fingerprint density at radius 1 is 1.36 bits per heavy atom. The van der Waals surface area contributed by atoms with Crippen molar-refractivity contribution in [3.8, 4) is 5.75 Å². The Balaban J connectivity index is 2.66. The molecular formula is C8H10O2S. The van der Waals surface area contributed by atoms with Crippen LogP contribution < -0.4 is 4.74 Å². The SMILES string of the molecule is CCOc1ccc(SO)cc1. The van der Waals surface area contributed by atoms with Gasteiger partial charge in [0.05, 0.1) is 6.61 Å². The average molecular weight is 170 g/mol. The highest BCUT2D eigenvalue weighted by Gasteiger charge is 1.92. The van der Waals surface area contributed by atoms with Gasteiger partial charge in [-0.1, -0.05) is 0 Å². The quantitative estimate of drug-likeness (QED) is 0.707. The second-order valence-corrected chi connectivity index (χ2v) is 2.65. The van der Waals surface area contributed by atoms with Gasteiger partial charge in [0.1, 0.15) is 5.75 Å². The van der Waals surface area contributed by atoms with Gasteiger partial charge in [-0.05, 0) is 31.2 Å². The maximum absolute atomic E-state index is 8.63. The van der Waals surface area contributed by atoms with E-state index in [9.17, 15) is 0 Å². The van der Waals surface area contributed by atoms with Crippen molar-refractivity contribution in [3.05, 3.63) is 24.3 Å². The lowest BCUT2D eigenvalue weighted by molar-refractivity contribution is 0.340. The zero-order valence-corrected chi connectivity index (χ0v) is 7.10. The fraction of sp³-hybridized carbons (Fsp3) is 0.250. The van der Waals surface area contributed by atoms with E-state index in [-0.39, 0.29) is 0 Å². The fourth-order valence-corrected chi connectivity index (χ4v) is 1.02. The van der Waals surface area contributed by atoms with Crippen LogP contribution in [0.2, 0.25) is 0 Å². The van der Waals surface area contributed by atoms with E-state index in [1.54, 1.807) is 0 Å². The van der Waals surface area contributed by atoms with Crippen LogP contribution in [-0.2, 0) is 0 Å². The van der Waals surface area contributed by atoms with Crippen molar-refractivity contribution in [2.75, 3.05) is 6.61 Å².